The standard InChI is InChI=1S/C11H10F3NO3S/c1-6-9(12)2-7(3-10(6)13)15-5-8(4-11(15)16)19(14,17)18/h2-3,8H,4-5H2,1H3. The number of benzene rings is 1. The van der Waals surface area contributed by atoms with E-state index in [-0.39, 0.29) is 11.3 Å². The molecule has 1 aliphatic heterocycles. The van der Waals surface area contributed by atoms with Gasteiger partial charge in [-0.15, -0.1) is 3.89 Å². The van der Waals surface area contributed by atoms with Gasteiger partial charge in [-0.1, -0.05) is 0 Å². The maximum atomic E-state index is 13.4. The summed E-state index contributed by atoms with van der Waals surface area (Å²) in [7, 11) is -4.85. The van der Waals surface area contributed by atoms with Crippen LogP contribution in [0.1, 0.15) is 12.0 Å². The molecule has 0 saturated carbocycles. The van der Waals surface area contributed by atoms with E-state index in [4.69, 9.17) is 0 Å². The molecular weight excluding hydrogens is 283 g/mol. The van der Waals surface area contributed by atoms with E-state index in [1.54, 1.807) is 0 Å². The molecular formula is C11H10F3NO3S. The molecule has 0 spiro atoms. The van der Waals surface area contributed by atoms with Gasteiger partial charge in [-0.2, -0.15) is 8.42 Å². The zero-order valence-electron chi connectivity index (χ0n) is 9.86. The van der Waals surface area contributed by atoms with Gasteiger partial charge in [0.15, 0.2) is 0 Å². The van der Waals surface area contributed by atoms with Crippen LogP contribution in [-0.4, -0.2) is 26.1 Å². The Bertz CT molecular complexity index is 622. The van der Waals surface area contributed by atoms with Crippen molar-refractivity contribution in [2.45, 2.75) is 18.6 Å². The Morgan fingerprint density at radius 2 is 1.79 bits per heavy atom. The number of carbonyl (C=O) groups excluding carboxylic acids is 1. The quantitative estimate of drug-likeness (QED) is 0.780. The molecule has 19 heavy (non-hydrogen) atoms. The van der Waals surface area contributed by atoms with Crippen molar-refractivity contribution in [3.63, 3.8) is 0 Å². The van der Waals surface area contributed by atoms with Crippen LogP contribution in [0.5, 0.6) is 0 Å². The Labute approximate surface area is 108 Å². The fourth-order valence-corrected chi connectivity index (χ4v) is 2.57. The summed E-state index contributed by atoms with van der Waals surface area (Å²) in [4.78, 5) is 12.5. The zero-order valence-corrected chi connectivity index (χ0v) is 10.7. The van der Waals surface area contributed by atoms with Crippen molar-refractivity contribution in [2.75, 3.05) is 11.4 Å². The monoisotopic (exact) mass is 293 g/mol. The number of nitrogens with zero attached hydrogens (tertiary/aromatic N) is 1. The third-order valence-corrected chi connectivity index (χ3v) is 4.18. The van der Waals surface area contributed by atoms with Crippen molar-refractivity contribution < 1.29 is 25.9 Å². The molecule has 0 radical (unpaired) electrons. The van der Waals surface area contributed by atoms with E-state index in [0.717, 1.165) is 17.0 Å². The molecule has 1 amide bonds. The first-order valence-corrected chi connectivity index (χ1v) is 6.84. The molecule has 1 fully saturated rings. The van der Waals surface area contributed by atoms with Crippen LogP contribution in [0.15, 0.2) is 12.1 Å². The average molecular weight is 293 g/mol. The molecule has 1 saturated heterocycles. The lowest BCUT2D eigenvalue weighted by Crippen LogP contribution is -2.27. The van der Waals surface area contributed by atoms with E-state index in [2.05, 4.69) is 0 Å². The Balaban J connectivity index is 2.36. The van der Waals surface area contributed by atoms with Crippen LogP contribution in [0, 0.1) is 18.6 Å². The molecule has 104 valence electrons. The number of carbonyl (C=O) groups is 1. The Morgan fingerprint density at radius 3 is 2.21 bits per heavy atom. The van der Waals surface area contributed by atoms with Gasteiger partial charge < -0.3 is 4.90 Å². The number of hydrogen-bond donors (Lipinski definition) is 0. The molecule has 2 rings (SSSR count). The Kier molecular flexibility index (Phi) is 3.29. The smallest absolute Gasteiger partial charge is 0.307 e. The predicted octanol–water partition coefficient (Wildman–Crippen LogP) is 1.68. The van der Waals surface area contributed by atoms with E-state index >= 15 is 0 Å². The normalized spacial score (nSPS) is 20.1. The minimum atomic E-state index is -4.85. The highest BCUT2D eigenvalue weighted by molar-refractivity contribution is 7.87. The first-order chi connectivity index (χ1) is 8.70. The van der Waals surface area contributed by atoms with E-state index in [1.807, 2.05) is 0 Å². The van der Waals surface area contributed by atoms with Gasteiger partial charge >= 0.3 is 10.2 Å². The highest BCUT2D eigenvalue weighted by Crippen LogP contribution is 2.28. The lowest BCUT2D eigenvalue weighted by molar-refractivity contribution is -0.117. The molecule has 0 N–H and O–H groups in total. The first kappa shape index (κ1) is 13.9. The highest BCUT2D eigenvalue weighted by atomic mass is 32.3. The van der Waals surface area contributed by atoms with Crippen LogP contribution in [0.2, 0.25) is 0 Å². The zero-order chi connectivity index (χ0) is 14.4. The molecule has 0 bridgehead atoms. The predicted molar refractivity (Wildman–Crippen MR) is 61.9 cm³/mol. The van der Waals surface area contributed by atoms with E-state index in [1.165, 1.54) is 6.92 Å². The first-order valence-electron chi connectivity index (χ1n) is 5.39. The summed E-state index contributed by atoms with van der Waals surface area (Å²) in [6, 6.07) is 1.84. The van der Waals surface area contributed by atoms with Gasteiger partial charge in [0, 0.05) is 24.2 Å². The molecule has 0 aromatic heterocycles. The van der Waals surface area contributed by atoms with Crippen LogP contribution < -0.4 is 4.90 Å². The van der Waals surface area contributed by atoms with Gasteiger partial charge in [0.25, 0.3) is 0 Å². The van der Waals surface area contributed by atoms with Crippen molar-refractivity contribution in [3.05, 3.63) is 29.3 Å². The molecule has 8 heteroatoms. The van der Waals surface area contributed by atoms with Gasteiger partial charge in [0.2, 0.25) is 5.91 Å². The van der Waals surface area contributed by atoms with Crippen molar-refractivity contribution in [3.8, 4) is 0 Å². The van der Waals surface area contributed by atoms with Crippen LogP contribution in [-0.2, 0) is 15.0 Å². The molecule has 1 aromatic carbocycles. The van der Waals surface area contributed by atoms with Crippen LogP contribution in [0.25, 0.3) is 0 Å². The SMILES string of the molecule is Cc1c(F)cc(N2CC(S(=O)(=O)F)CC2=O)cc1F. The third-order valence-electron chi connectivity index (χ3n) is 3.07. The molecule has 1 atom stereocenters. The van der Waals surface area contributed by atoms with E-state index in [9.17, 15) is 25.9 Å². The number of rotatable bonds is 2. The van der Waals surface area contributed by atoms with Gasteiger partial charge in [0.1, 0.15) is 16.9 Å². The second kappa shape index (κ2) is 4.52. The summed E-state index contributed by atoms with van der Waals surface area (Å²) in [6.45, 7) is 0.786. The minimum absolute atomic E-state index is 0.114. The average Bonchev–Trinajstić information content (AvgIpc) is 2.67. The summed E-state index contributed by atoms with van der Waals surface area (Å²) in [5.41, 5.74) is -0.318. The lowest BCUT2D eigenvalue weighted by atomic mass is 10.2. The molecule has 1 unspecified atom stereocenters. The lowest BCUT2D eigenvalue weighted by Gasteiger charge is -2.17. The number of halogens is 3. The van der Waals surface area contributed by atoms with Gasteiger partial charge in [0.05, 0.1) is 0 Å². The minimum Gasteiger partial charge on any atom is -0.311 e. The van der Waals surface area contributed by atoms with Crippen molar-refractivity contribution in [1.82, 2.24) is 0 Å². The van der Waals surface area contributed by atoms with Crippen LogP contribution >= 0.6 is 0 Å². The number of amides is 1. The summed E-state index contributed by atoms with van der Waals surface area (Å²) in [6.07, 6.45) is -0.532. The van der Waals surface area contributed by atoms with Crippen LogP contribution in [0.3, 0.4) is 0 Å². The van der Waals surface area contributed by atoms with Gasteiger partial charge in [-0.05, 0) is 19.1 Å². The molecule has 1 aliphatic rings. The molecule has 0 aliphatic carbocycles. The summed E-state index contributed by atoms with van der Waals surface area (Å²) in [5, 5.41) is -1.49. The Morgan fingerprint density at radius 1 is 1.26 bits per heavy atom. The van der Waals surface area contributed by atoms with E-state index in [0.29, 0.717) is 0 Å². The maximum absolute atomic E-state index is 13.4. The Hall–Kier alpha value is -1.57. The van der Waals surface area contributed by atoms with Gasteiger partial charge in [-0.25, -0.2) is 8.78 Å². The van der Waals surface area contributed by atoms with Gasteiger partial charge in [-0.3, -0.25) is 4.79 Å². The fraction of sp³-hybridized carbons (Fsp3) is 0.364. The van der Waals surface area contributed by atoms with Crippen LogP contribution in [0.4, 0.5) is 18.4 Å². The summed E-state index contributed by atoms with van der Waals surface area (Å²) >= 11 is 0. The topological polar surface area (TPSA) is 54.5 Å². The second-order valence-electron chi connectivity index (χ2n) is 4.34. The fourth-order valence-electron chi connectivity index (χ4n) is 1.90. The summed E-state index contributed by atoms with van der Waals surface area (Å²) < 4.78 is 61.1. The highest BCUT2D eigenvalue weighted by Gasteiger charge is 2.39. The summed E-state index contributed by atoms with van der Waals surface area (Å²) in [5.74, 6) is -2.39. The molecule has 1 aromatic rings. The van der Waals surface area contributed by atoms with Crippen molar-refractivity contribution in [2.24, 2.45) is 0 Å². The largest absolute Gasteiger partial charge is 0.311 e. The van der Waals surface area contributed by atoms with Crippen molar-refractivity contribution >= 4 is 21.8 Å². The molecule has 4 nitrogen and oxygen atoms in total. The van der Waals surface area contributed by atoms with Crippen molar-refractivity contribution in [1.29, 1.82) is 0 Å². The number of anilines is 1. The number of hydrogen-bond acceptors (Lipinski definition) is 3. The third kappa shape index (κ3) is 2.58. The maximum Gasteiger partial charge on any atom is 0.307 e. The van der Waals surface area contributed by atoms with E-state index < -0.39 is 46.0 Å². The molecule has 1 heterocycles. The second-order valence-corrected chi connectivity index (χ2v) is 5.96.